The van der Waals surface area contributed by atoms with Crippen LogP contribution in [0.2, 0.25) is 0 Å². The number of benzene rings is 2. The largest absolute Gasteiger partial charge is 0.242 e. The summed E-state index contributed by atoms with van der Waals surface area (Å²) in [6, 6.07) is 10.7. The van der Waals surface area contributed by atoms with E-state index in [0.29, 0.717) is 5.56 Å². The number of sulfonamides is 2. The zero-order valence-corrected chi connectivity index (χ0v) is 15.5. The molecule has 0 atom stereocenters. The van der Waals surface area contributed by atoms with Crippen LogP contribution in [0.4, 0.5) is 0 Å². The fourth-order valence-electron chi connectivity index (χ4n) is 2.07. The van der Waals surface area contributed by atoms with E-state index < -0.39 is 29.9 Å². The Hall–Kier alpha value is -1.79. The SMILES string of the molecule is CS(=O)(=O)c1ccccc1S(=O)(=O)NCc1cccc(S(N)(=O)=O)c1. The van der Waals surface area contributed by atoms with Crippen LogP contribution < -0.4 is 9.86 Å². The monoisotopic (exact) mass is 404 g/mol. The van der Waals surface area contributed by atoms with Crippen LogP contribution in [0, 0.1) is 0 Å². The predicted octanol–water partition coefficient (Wildman–Crippen LogP) is 0.216. The van der Waals surface area contributed by atoms with Crippen molar-refractivity contribution in [3.05, 3.63) is 54.1 Å². The average molecular weight is 404 g/mol. The van der Waals surface area contributed by atoms with Gasteiger partial charge in [0.2, 0.25) is 20.0 Å². The van der Waals surface area contributed by atoms with Crippen molar-refractivity contribution in [3.8, 4) is 0 Å². The summed E-state index contributed by atoms with van der Waals surface area (Å²) in [7, 11) is -11.8. The summed E-state index contributed by atoms with van der Waals surface area (Å²) in [6.45, 7) is -0.232. The van der Waals surface area contributed by atoms with E-state index in [1.807, 2.05) is 0 Å². The topological polar surface area (TPSA) is 140 Å². The average Bonchev–Trinajstić information content (AvgIpc) is 2.52. The molecule has 0 unspecified atom stereocenters. The Kier molecular flexibility index (Phi) is 5.35. The minimum absolute atomic E-state index is 0.152. The molecule has 0 amide bonds. The zero-order valence-electron chi connectivity index (χ0n) is 13.1. The van der Waals surface area contributed by atoms with Crippen LogP contribution in [-0.2, 0) is 36.4 Å². The van der Waals surface area contributed by atoms with Crippen LogP contribution in [-0.4, -0.2) is 31.5 Å². The Bertz CT molecular complexity index is 1110. The highest BCUT2D eigenvalue weighted by atomic mass is 32.2. The lowest BCUT2D eigenvalue weighted by molar-refractivity contribution is 0.574. The lowest BCUT2D eigenvalue weighted by atomic mass is 10.2. The van der Waals surface area contributed by atoms with Gasteiger partial charge in [0, 0.05) is 12.8 Å². The van der Waals surface area contributed by atoms with Crippen LogP contribution in [0.5, 0.6) is 0 Å². The van der Waals surface area contributed by atoms with Crippen molar-refractivity contribution >= 4 is 29.9 Å². The highest BCUT2D eigenvalue weighted by Crippen LogP contribution is 2.20. The van der Waals surface area contributed by atoms with Crippen molar-refractivity contribution in [3.63, 3.8) is 0 Å². The first-order valence-electron chi connectivity index (χ1n) is 6.82. The molecule has 0 aliphatic heterocycles. The number of sulfone groups is 1. The molecule has 3 N–H and O–H groups in total. The second kappa shape index (κ2) is 6.84. The van der Waals surface area contributed by atoms with Gasteiger partial charge in [-0.2, -0.15) is 0 Å². The summed E-state index contributed by atoms with van der Waals surface area (Å²) >= 11 is 0. The van der Waals surface area contributed by atoms with Gasteiger partial charge < -0.3 is 0 Å². The number of nitrogens with one attached hydrogen (secondary N) is 1. The minimum Gasteiger partial charge on any atom is -0.225 e. The smallest absolute Gasteiger partial charge is 0.225 e. The fraction of sp³-hybridized carbons (Fsp3) is 0.143. The van der Waals surface area contributed by atoms with E-state index in [0.717, 1.165) is 6.26 Å². The van der Waals surface area contributed by atoms with E-state index in [9.17, 15) is 25.3 Å². The molecule has 2 aromatic carbocycles. The van der Waals surface area contributed by atoms with E-state index in [4.69, 9.17) is 5.14 Å². The molecule has 0 aromatic heterocycles. The van der Waals surface area contributed by atoms with Gasteiger partial charge in [-0.05, 0) is 29.8 Å². The molecular formula is C14H16N2O6S3. The highest BCUT2D eigenvalue weighted by molar-refractivity contribution is 7.93. The van der Waals surface area contributed by atoms with Gasteiger partial charge in [0.05, 0.1) is 9.79 Å². The third-order valence-corrected chi connectivity index (χ3v) is 6.89. The van der Waals surface area contributed by atoms with Crippen LogP contribution in [0.15, 0.2) is 63.2 Å². The first-order valence-corrected chi connectivity index (χ1v) is 11.7. The van der Waals surface area contributed by atoms with Gasteiger partial charge >= 0.3 is 0 Å². The third kappa shape index (κ3) is 4.86. The molecule has 2 rings (SSSR count). The van der Waals surface area contributed by atoms with Crippen molar-refractivity contribution in [2.24, 2.45) is 5.14 Å². The summed E-state index contributed by atoms with van der Waals surface area (Å²) in [5.41, 5.74) is 0.354. The lowest BCUT2D eigenvalue weighted by Gasteiger charge is -2.11. The molecule has 0 bridgehead atoms. The standard InChI is InChI=1S/C14H16N2O6S3/c1-23(17,18)13-7-2-3-8-14(13)25(21,22)16-10-11-5-4-6-12(9-11)24(15,19)20/h2-9,16H,10H2,1H3,(H2,15,19,20). The van der Waals surface area contributed by atoms with Gasteiger partial charge in [0.1, 0.15) is 4.90 Å². The van der Waals surface area contributed by atoms with Crippen molar-refractivity contribution in [1.29, 1.82) is 0 Å². The molecule has 136 valence electrons. The molecule has 25 heavy (non-hydrogen) atoms. The molecule has 0 aliphatic rings. The summed E-state index contributed by atoms with van der Waals surface area (Å²) in [5, 5.41) is 5.03. The summed E-state index contributed by atoms with van der Waals surface area (Å²) in [5.74, 6) is 0. The second-order valence-electron chi connectivity index (χ2n) is 5.24. The highest BCUT2D eigenvalue weighted by Gasteiger charge is 2.23. The van der Waals surface area contributed by atoms with E-state index in [1.165, 1.54) is 48.5 Å². The Balaban J connectivity index is 2.33. The van der Waals surface area contributed by atoms with Crippen LogP contribution in [0.1, 0.15) is 5.56 Å². The molecule has 0 heterocycles. The minimum atomic E-state index is -4.13. The van der Waals surface area contributed by atoms with Crippen LogP contribution >= 0.6 is 0 Å². The van der Waals surface area contributed by atoms with Crippen molar-refractivity contribution in [1.82, 2.24) is 4.72 Å². The van der Waals surface area contributed by atoms with Gasteiger partial charge in [-0.1, -0.05) is 24.3 Å². The van der Waals surface area contributed by atoms with Crippen LogP contribution in [0.25, 0.3) is 0 Å². The maximum atomic E-state index is 12.4. The van der Waals surface area contributed by atoms with Gasteiger partial charge in [0.15, 0.2) is 9.84 Å². The maximum Gasteiger partial charge on any atom is 0.242 e. The molecule has 0 radical (unpaired) electrons. The zero-order chi connectivity index (χ0) is 18.9. The Morgan fingerprint density at radius 2 is 1.48 bits per heavy atom. The van der Waals surface area contributed by atoms with Crippen LogP contribution in [0.3, 0.4) is 0 Å². The fourth-order valence-corrected chi connectivity index (χ4v) is 5.30. The Morgan fingerprint density at radius 3 is 2.04 bits per heavy atom. The first kappa shape index (κ1) is 19.5. The molecule has 8 nitrogen and oxygen atoms in total. The molecule has 0 saturated heterocycles. The van der Waals surface area contributed by atoms with Crippen molar-refractivity contribution < 1.29 is 25.3 Å². The second-order valence-corrected chi connectivity index (χ2v) is 10.5. The number of hydrogen-bond acceptors (Lipinski definition) is 6. The third-order valence-electron chi connectivity index (χ3n) is 3.23. The van der Waals surface area contributed by atoms with E-state index >= 15 is 0 Å². The quantitative estimate of drug-likeness (QED) is 0.705. The normalized spacial score (nSPS) is 12.9. The lowest BCUT2D eigenvalue weighted by Crippen LogP contribution is -2.25. The summed E-state index contributed by atoms with van der Waals surface area (Å²) in [4.78, 5) is -0.846. The van der Waals surface area contributed by atoms with Gasteiger partial charge in [-0.15, -0.1) is 0 Å². The molecule has 11 heteroatoms. The van der Waals surface area contributed by atoms with Gasteiger partial charge in [-0.25, -0.2) is 35.1 Å². The van der Waals surface area contributed by atoms with Crippen molar-refractivity contribution in [2.45, 2.75) is 21.2 Å². The summed E-state index contributed by atoms with van der Waals surface area (Å²) in [6.07, 6.45) is 0.914. The molecule has 2 aromatic rings. The maximum absolute atomic E-state index is 12.4. The van der Waals surface area contributed by atoms with Crippen molar-refractivity contribution in [2.75, 3.05) is 6.26 Å². The van der Waals surface area contributed by atoms with Gasteiger partial charge in [0.25, 0.3) is 0 Å². The molecule has 0 aliphatic carbocycles. The van der Waals surface area contributed by atoms with E-state index in [1.54, 1.807) is 0 Å². The Morgan fingerprint density at radius 1 is 0.880 bits per heavy atom. The Labute approximate surface area is 146 Å². The van der Waals surface area contributed by atoms with Gasteiger partial charge in [-0.3, -0.25) is 0 Å². The predicted molar refractivity (Wildman–Crippen MR) is 91.4 cm³/mol. The molecule has 0 spiro atoms. The number of rotatable bonds is 6. The van der Waals surface area contributed by atoms with E-state index in [2.05, 4.69) is 4.72 Å². The number of nitrogens with two attached hydrogens (primary N) is 1. The number of primary sulfonamides is 1. The van der Waals surface area contributed by atoms with E-state index in [-0.39, 0.29) is 21.2 Å². The summed E-state index contributed by atoms with van der Waals surface area (Å²) < 4.78 is 73.3. The molecule has 0 fully saturated rings. The molecular weight excluding hydrogens is 388 g/mol. The first-order chi connectivity index (χ1) is 11.4. The molecule has 0 saturated carbocycles. The number of hydrogen-bond donors (Lipinski definition) is 2.